The number of primary amides is 1. The van der Waals surface area contributed by atoms with Crippen molar-refractivity contribution in [1.29, 1.82) is 0 Å². The molecule has 0 bridgehead atoms. The molecule has 1 rings (SSSR count). The minimum atomic E-state index is -1.52. The first-order valence-corrected chi connectivity index (χ1v) is 6.84. The predicted octanol–water partition coefficient (Wildman–Crippen LogP) is -4.15. The highest BCUT2D eigenvalue weighted by atomic mass is 16.5. The third-order valence-electron chi connectivity index (χ3n) is 3.37. The van der Waals surface area contributed by atoms with E-state index in [0.717, 1.165) is 6.92 Å². The van der Waals surface area contributed by atoms with Crippen LogP contribution in [0.15, 0.2) is 0 Å². The number of carbonyl (C=O) groups excluding carboxylic acids is 2. The molecular formula is C12H21N3O8. The SMILES string of the molecule is CC(=O)N[C@H]1C(N[C@@H](CC(N)=O)C(=O)O)O[C@H](CO)[C@@H](O)[C@@H]1O. The Morgan fingerprint density at radius 2 is 1.87 bits per heavy atom. The second-order valence-electron chi connectivity index (χ2n) is 5.21. The number of carboxylic acid groups (broad SMARTS) is 1. The second-order valence-corrected chi connectivity index (χ2v) is 5.21. The van der Waals surface area contributed by atoms with E-state index in [2.05, 4.69) is 10.6 Å². The average molecular weight is 335 g/mol. The van der Waals surface area contributed by atoms with Gasteiger partial charge in [-0.25, -0.2) is 0 Å². The van der Waals surface area contributed by atoms with Crippen LogP contribution >= 0.6 is 0 Å². The zero-order chi connectivity index (χ0) is 17.7. The van der Waals surface area contributed by atoms with Crippen molar-refractivity contribution in [3.63, 3.8) is 0 Å². The van der Waals surface area contributed by atoms with Gasteiger partial charge in [0.25, 0.3) is 0 Å². The van der Waals surface area contributed by atoms with E-state index in [4.69, 9.17) is 20.7 Å². The number of hydrogen-bond donors (Lipinski definition) is 7. The summed E-state index contributed by atoms with van der Waals surface area (Å²) < 4.78 is 5.29. The van der Waals surface area contributed by atoms with E-state index in [-0.39, 0.29) is 0 Å². The number of carbonyl (C=O) groups is 3. The van der Waals surface area contributed by atoms with Crippen molar-refractivity contribution < 1.29 is 39.5 Å². The summed E-state index contributed by atoms with van der Waals surface area (Å²) in [5.41, 5.74) is 4.97. The average Bonchev–Trinajstić information content (AvgIpc) is 2.44. The second kappa shape index (κ2) is 8.17. The van der Waals surface area contributed by atoms with Crippen molar-refractivity contribution in [2.75, 3.05) is 6.61 Å². The minimum absolute atomic E-state index is 0.551. The van der Waals surface area contributed by atoms with Gasteiger partial charge >= 0.3 is 5.97 Å². The van der Waals surface area contributed by atoms with Crippen LogP contribution in [-0.2, 0) is 19.1 Å². The number of aliphatic carboxylic acids is 1. The zero-order valence-corrected chi connectivity index (χ0v) is 12.4. The summed E-state index contributed by atoms with van der Waals surface area (Å²) in [6.45, 7) is 0.517. The van der Waals surface area contributed by atoms with Crippen LogP contribution in [0.1, 0.15) is 13.3 Å². The van der Waals surface area contributed by atoms with Crippen LogP contribution < -0.4 is 16.4 Å². The molecule has 1 saturated heterocycles. The van der Waals surface area contributed by atoms with Gasteiger partial charge in [-0.2, -0.15) is 0 Å². The maximum Gasteiger partial charge on any atom is 0.321 e. The van der Waals surface area contributed by atoms with E-state index < -0.39 is 67.4 Å². The third-order valence-corrected chi connectivity index (χ3v) is 3.37. The lowest BCUT2D eigenvalue weighted by Gasteiger charge is -2.43. The highest BCUT2D eigenvalue weighted by Gasteiger charge is 2.45. The molecule has 2 amide bonds. The van der Waals surface area contributed by atoms with Crippen LogP contribution in [0.25, 0.3) is 0 Å². The van der Waals surface area contributed by atoms with Crippen LogP contribution in [0.4, 0.5) is 0 Å². The van der Waals surface area contributed by atoms with Gasteiger partial charge in [-0.3, -0.25) is 19.7 Å². The van der Waals surface area contributed by atoms with Crippen molar-refractivity contribution in [1.82, 2.24) is 10.6 Å². The smallest absolute Gasteiger partial charge is 0.321 e. The number of amides is 2. The molecule has 1 fully saturated rings. The first-order valence-electron chi connectivity index (χ1n) is 6.84. The van der Waals surface area contributed by atoms with Gasteiger partial charge in [0.2, 0.25) is 11.8 Å². The summed E-state index contributed by atoms with van der Waals surface area (Å²) in [5, 5.41) is 42.9. The molecule has 0 aromatic carbocycles. The van der Waals surface area contributed by atoms with Crippen molar-refractivity contribution in [3.05, 3.63) is 0 Å². The Morgan fingerprint density at radius 3 is 2.30 bits per heavy atom. The molecule has 23 heavy (non-hydrogen) atoms. The lowest BCUT2D eigenvalue weighted by atomic mass is 9.95. The van der Waals surface area contributed by atoms with Crippen molar-refractivity contribution in [2.45, 2.75) is 50.0 Å². The highest BCUT2D eigenvalue weighted by Crippen LogP contribution is 2.20. The molecule has 0 aromatic rings. The molecule has 1 aliphatic rings. The summed E-state index contributed by atoms with van der Waals surface area (Å²) >= 11 is 0. The highest BCUT2D eigenvalue weighted by molar-refractivity contribution is 5.83. The molecule has 11 heteroatoms. The standard InChI is InChI=1S/C12H21N3O8/c1-4(17)14-8-10(20)9(19)6(3-16)23-11(8)15-5(12(21)22)2-7(13)18/h5-6,8-11,15-16,19-20H,2-3H2,1H3,(H2,13,18)(H,14,17)(H,21,22)/t5-,6+,8+,9+,10+,11?/m0/s1. The zero-order valence-electron chi connectivity index (χ0n) is 12.4. The number of hydrogen-bond acceptors (Lipinski definition) is 8. The van der Waals surface area contributed by atoms with Gasteiger partial charge in [-0.15, -0.1) is 0 Å². The van der Waals surface area contributed by atoms with Gasteiger partial charge in [0.1, 0.15) is 30.6 Å². The molecule has 8 N–H and O–H groups in total. The number of aliphatic hydroxyl groups excluding tert-OH is 3. The minimum Gasteiger partial charge on any atom is -0.480 e. The molecule has 0 spiro atoms. The fourth-order valence-corrected chi connectivity index (χ4v) is 2.27. The molecule has 0 aromatic heterocycles. The Bertz CT molecular complexity index is 460. The fraction of sp³-hybridized carbons (Fsp3) is 0.750. The topological polar surface area (TPSA) is 191 Å². The van der Waals surface area contributed by atoms with E-state index >= 15 is 0 Å². The first-order chi connectivity index (χ1) is 10.7. The predicted molar refractivity (Wildman–Crippen MR) is 73.7 cm³/mol. The summed E-state index contributed by atoms with van der Waals surface area (Å²) in [7, 11) is 0. The summed E-state index contributed by atoms with van der Waals surface area (Å²) in [6, 6.07) is -2.63. The molecule has 11 nitrogen and oxygen atoms in total. The maximum atomic E-state index is 11.2. The normalized spacial score (nSPS) is 32.1. The molecule has 1 aliphatic heterocycles. The third kappa shape index (κ3) is 5.11. The van der Waals surface area contributed by atoms with Crippen LogP contribution in [0.5, 0.6) is 0 Å². The van der Waals surface area contributed by atoms with E-state index in [1.54, 1.807) is 0 Å². The Kier molecular flexibility index (Phi) is 6.84. The Morgan fingerprint density at radius 1 is 1.26 bits per heavy atom. The van der Waals surface area contributed by atoms with Crippen LogP contribution in [0, 0.1) is 0 Å². The Hall–Kier alpha value is -1.79. The van der Waals surface area contributed by atoms with Crippen LogP contribution in [-0.4, -0.2) is 81.4 Å². The quantitative estimate of drug-likeness (QED) is 0.242. The molecule has 0 aliphatic carbocycles. The number of nitrogens with two attached hydrogens (primary N) is 1. The van der Waals surface area contributed by atoms with Gasteiger partial charge in [0.15, 0.2) is 0 Å². The molecule has 0 saturated carbocycles. The van der Waals surface area contributed by atoms with Gasteiger partial charge in [0.05, 0.1) is 19.1 Å². The van der Waals surface area contributed by atoms with E-state index in [1.165, 1.54) is 0 Å². The monoisotopic (exact) mass is 335 g/mol. The molecule has 6 atom stereocenters. The van der Waals surface area contributed by atoms with Gasteiger partial charge < -0.3 is 36.2 Å². The lowest BCUT2D eigenvalue weighted by Crippen LogP contribution is -2.69. The fourth-order valence-electron chi connectivity index (χ4n) is 2.27. The molecule has 132 valence electrons. The molecule has 1 unspecified atom stereocenters. The number of carboxylic acids is 1. The number of rotatable bonds is 7. The maximum absolute atomic E-state index is 11.2. The van der Waals surface area contributed by atoms with E-state index in [0.29, 0.717) is 0 Å². The van der Waals surface area contributed by atoms with Crippen molar-refractivity contribution in [2.24, 2.45) is 5.73 Å². The van der Waals surface area contributed by atoms with Gasteiger partial charge in [0, 0.05) is 6.92 Å². The van der Waals surface area contributed by atoms with E-state index in [9.17, 15) is 24.6 Å². The summed E-state index contributed by atoms with van der Waals surface area (Å²) in [5.74, 6) is -2.83. The Labute approximate surface area is 131 Å². The molecule has 1 heterocycles. The lowest BCUT2D eigenvalue weighted by molar-refractivity contribution is -0.205. The molecular weight excluding hydrogens is 314 g/mol. The summed E-state index contributed by atoms with van der Waals surface area (Å²) in [6.07, 6.45) is -6.03. The Balaban J connectivity index is 2.97. The number of ether oxygens (including phenoxy) is 1. The van der Waals surface area contributed by atoms with Crippen molar-refractivity contribution >= 4 is 17.8 Å². The largest absolute Gasteiger partial charge is 0.480 e. The van der Waals surface area contributed by atoms with Gasteiger partial charge in [-0.05, 0) is 0 Å². The van der Waals surface area contributed by atoms with Crippen LogP contribution in [0.3, 0.4) is 0 Å². The van der Waals surface area contributed by atoms with E-state index in [1.807, 2.05) is 0 Å². The number of aliphatic hydroxyl groups is 3. The number of nitrogens with one attached hydrogen (secondary N) is 2. The molecule has 0 radical (unpaired) electrons. The van der Waals surface area contributed by atoms with Crippen molar-refractivity contribution in [3.8, 4) is 0 Å². The van der Waals surface area contributed by atoms with Gasteiger partial charge in [-0.1, -0.05) is 0 Å². The van der Waals surface area contributed by atoms with Crippen LogP contribution in [0.2, 0.25) is 0 Å². The first kappa shape index (κ1) is 19.3. The summed E-state index contributed by atoms with van der Waals surface area (Å²) in [4.78, 5) is 33.3.